The standard InChI is InChI=1S/C21H29N3O4/c1-27-21(26)18-7-8-22-15-19(18)20(25)24(16-17-5-3-2-4-6-17)10-9-23-11-13-28-14-12-23/h2-3,7-8,15,17H,4-6,9-14,16H2,1H3. The number of nitrogens with zero attached hydrogens (tertiary/aromatic N) is 3. The van der Waals surface area contributed by atoms with Crippen molar-refractivity contribution in [1.82, 2.24) is 14.8 Å². The summed E-state index contributed by atoms with van der Waals surface area (Å²) in [6, 6.07) is 1.54. The fourth-order valence-electron chi connectivity index (χ4n) is 3.72. The monoisotopic (exact) mass is 387 g/mol. The third-order valence-corrected chi connectivity index (χ3v) is 5.39. The summed E-state index contributed by atoms with van der Waals surface area (Å²) < 4.78 is 10.3. The molecule has 1 atom stereocenters. The average molecular weight is 387 g/mol. The van der Waals surface area contributed by atoms with E-state index >= 15 is 0 Å². The summed E-state index contributed by atoms with van der Waals surface area (Å²) in [5, 5.41) is 0. The van der Waals surface area contributed by atoms with Gasteiger partial charge >= 0.3 is 5.97 Å². The van der Waals surface area contributed by atoms with Crippen LogP contribution < -0.4 is 0 Å². The molecule has 0 radical (unpaired) electrons. The number of amides is 1. The van der Waals surface area contributed by atoms with Gasteiger partial charge in [-0.25, -0.2) is 4.79 Å². The van der Waals surface area contributed by atoms with Gasteiger partial charge in [-0.15, -0.1) is 0 Å². The van der Waals surface area contributed by atoms with E-state index in [1.165, 1.54) is 19.5 Å². The number of methoxy groups -OCH3 is 1. The number of rotatable bonds is 7. The van der Waals surface area contributed by atoms with E-state index in [9.17, 15) is 9.59 Å². The number of hydrogen-bond donors (Lipinski definition) is 0. The number of carbonyl (C=O) groups excluding carboxylic acids is 2. The molecule has 7 nitrogen and oxygen atoms in total. The number of aromatic nitrogens is 1. The highest BCUT2D eigenvalue weighted by atomic mass is 16.5. The number of esters is 1. The summed E-state index contributed by atoms with van der Waals surface area (Å²) in [5.74, 6) is -0.229. The first-order valence-corrected chi connectivity index (χ1v) is 9.95. The lowest BCUT2D eigenvalue weighted by Crippen LogP contribution is -2.44. The summed E-state index contributed by atoms with van der Waals surface area (Å²) in [7, 11) is 1.32. The fraction of sp³-hybridized carbons (Fsp3) is 0.571. The third-order valence-electron chi connectivity index (χ3n) is 5.39. The van der Waals surface area contributed by atoms with Gasteiger partial charge in [0.05, 0.1) is 31.5 Å². The van der Waals surface area contributed by atoms with Crippen LogP contribution in [0.3, 0.4) is 0 Å². The summed E-state index contributed by atoms with van der Waals surface area (Å²) in [4.78, 5) is 33.7. The highest BCUT2D eigenvalue weighted by molar-refractivity contribution is 6.05. The zero-order valence-corrected chi connectivity index (χ0v) is 16.5. The highest BCUT2D eigenvalue weighted by Gasteiger charge is 2.26. The Morgan fingerprint density at radius 2 is 2.11 bits per heavy atom. The van der Waals surface area contributed by atoms with Crippen LogP contribution in [0.25, 0.3) is 0 Å². The van der Waals surface area contributed by atoms with Crippen molar-refractivity contribution in [3.63, 3.8) is 0 Å². The molecule has 28 heavy (non-hydrogen) atoms. The predicted molar refractivity (Wildman–Crippen MR) is 105 cm³/mol. The number of ether oxygens (including phenoxy) is 2. The molecule has 0 bridgehead atoms. The molecule has 0 aromatic carbocycles. The first-order valence-electron chi connectivity index (χ1n) is 9.95. The van der Waals surface area contributed by atoms with Gasteiger partial charge in [0.2, 0.25) is 0 Å². The van der Waals surface area contributed by atoms with Crippen molar-refractivity contribution >= 4 is 11.9 Å². The number of pyridine rings is 1. The first kappa shape index (κ1) is 20.5. The van der Waals surface area contributed by atoms with Crippen LogP contribution in [0.5, 0.6) is 0 Å². The Hall–Kier alpha value is -2.25. The largest absolute Gasteiger partial charge is 0.465 e. The molecule has 1 aliphatic heterocycles. The van der Waals surface area contributed by atoms with Crippen molar-refractivity contribution < 1.29 is 19.1 Å². The van der Waals surface area contributed by atoms with Crippen LogP contribution in [0, 0.1) is 5.92 Å². The number of allylic oxidation sites excluding steroid dienone is 2. The van der Waals surface area contributed by atoms with Crippen molar-refractivity contribution in [3.05, 3.63) is 41.7 Å². The van der Waals surface area contributed by atoms with Crippen molar-refractivity contribution in [2.75, 3.05) is 53.0 Å². The minimum absolute atomic E-state index is 0.156. The van der Waals surface area contributed by atoms with Crippen LogP contribution >= 0.6 is 0 Å². The van der Waals surface area contributed by atoms with Gasteiger partial charge in [-0.1, -0.05) is 12.2 Å². The van der Waals surface area contributed by atoms with Crippen LogP contribution in [0.4, 0.5) is 0 Å². The number of morpholine rings is 1. The fourth-order valence-corrected chi connectivity index (χ4v) is 3.72. The Morgan fingerprint density at radius 1 is 1.29 bits per heavy atom. The molecule has 2 heterocycles. The van der Waals surface area contributed by atoms with Crippen LogP contribution in [0.2, 0.25) is 0 Å². The average Bonchev–Trinajstić information content (AvgIpc) is 2.77. The topological polar surface area (TPSA) is 72.0 Å². The second-order valence-corrected chi connectivity index (χ2v) is 7.27. The lowest BCUT2D eigenvalue weighted by molar-refractivity contribution is 0.0314. The maximum atomic E-state index is 13.3. The van der Waals surface area contributed by atoms with Gasteiger partial charge in [-0.3, -0.25) is 14.7 Å². The first-order chi connectivity index (χ1) is 13.7. The van der Waals surface area contributed by atoms with E-state index in [1.807, 2.05) is 4.90 Å². The van der Waals surface area contributed by atoms with E-state index in [-0.39, 0.29) is 11.5 Å². The summed E-state index contributed by atoms with van der Waals surface area (Å²) in [6.45, 7) is 5.33. The second-order valence-electron chi connectivity index (χ2n) is 7.27. The predicted octanol–water partition coefficient (Wildman–Crippen LogP) is 2.00. The van der Waals surface area contributed by atoms with Crippen LogP contribution in [-0.4, -0.2) is 79.7 Å². The van der Waals surface area contributed by atoms with Crippen LogP contribution in [0.15, 0.2) is 30.6 Å². The Bertz CT molecular complexity index is 701. The molecule has 1 fully saturated rings. The molecule has 3 rings (SSSR count). The van der Waals surface area contributed by atoms with E-state index < -0.39 is 5.97 Å². The normalized spacial score (nSPS) is 20.0. The minimum atomic E-state index is -0.514. The van der Waals surface area contributed by atoms with E-state index in [1.54, 1.807) is 6.07 Å². The van der Waals surface area contributed by atoms with Crippen LogP contribution in [0.1, 0.15) is 40.0 Å². The molecule has 0 N–H and O–H groups in total. The molecule has 1 unspecified atom stereocenters. The molecule has 1 amide bonds. The Morgan fingerprint density at radius 3 is 2.82 bits per heavy atom. The molecule has 7 heteroatoms. The minimum Gasteiger partial charge on any atom is -0.465 e. The maximum absolute atomic E-state index is 13.3. The van der Waals surface area contributed by atoms with Gasteiger partial charge < -0.3 is 14.4 Å². The Kier molecular flexibility index (Phi) is 7.56. The molecular formula is C21H29N3O4. The summed E-state index contributed by atoms with van der Waals surface area (Å²) in [6.07, 6.45) is 10.5. The van der Waals surface area contributed by atoms with Gasteiger partial charge in [0, 0.05) is 45.1 Å². The molecule has 0 spiro atoms. The Labute approximate surface area is 166 Å². The zero-order valence-electron chi connectivity index (χ0n) is 16.5. The number of carbonyl (C=O) groups is 2. The van der Waals surface area contributed by atoms with E-state index in [0.29, 0.717) is 24.6 Å². The Balaban J connectivity index is 1.75. The quantitative estimate of drug-likeness (QED) is 0.526. The van der Waals surface area contributed by atoms with Gasteiger partial charge in [-0.05, 0) is 31.2 Å². The lowest BCUT2D eigenvalue weighted by atomic mass is 9.93. The van der Waals surface area contributed by atoms with Gasteiger partial charge in [0.15, 0.2) is 0 Å². The molecule has 0 saturated carbocycles. The molecule has 1 aliphatic carbocycles. The van der Waals surface area contributed by atoms with E-state index in [4.69, 9.17) is 9.47 Å². The molecular weight excluding hydrogens is 358 g/mol. The van der Waals surface area contributed by atoms with E-state index in [2.05, 4.69) is 22.0 Å². The molecule has 1 saturated heterocycles. The van der Waals surface area contributed by atoms with Gasteiger partial charge in [0.1, 0.15) is 0 Å². The van der Waals surface area contributed by atoms with Crippen LogP contribution in [-0.2, 0) is 9.47 Å². The van der Waals surface area contributed by atoms with E-state index in [0.717, 1.165) is 52.1 Å². The summed E-state index contributed by atoms with van der Waals surface area (Å²) >= 11 is 0. The van der Waals surface area contributed by atoms with Gasteiger partial charge in [0.25, 0.3) is 5.91 Å². The second kappa shape index (κ2) is 10.3. The SMILES string of the molecule is COC(=O)c1ccncc1C(=O)N(CCN1CCOCC1)CC1CC=CCC1. The van der Waals surface area contributed by atoms with Crippen molar-refractivity contribution in [1.29, 1.82) is 0 Å². The highest BCUT2D eigenvalue weighted by Crippen LogP contribution is 2.21. The smallest absolute Gasteiger partial charge is 0.338 e. The number of hydrogen-bond acceptors (Lipinski definition) is 6. The molecule has 152 valence electrons. The molecule has 1 aromatic rings. The van der Waals surface area contributed by atoms with Gasteiger partial charge in [-0.2, -0.15) is 0 Å². The van der Waals surface area contributed by atoms with Crippen molar-refractivity contribution in [3.8, 4) is 0 Å². The maximum Gasteiger partial charge on any atom is 0.338 e. The third kappa shape index (κ3) is 5.39. The zero-order chi connectivity index (χ0) is 19.8. The van der Waals surface area contributed by atoms with Crippen molar-refractivity contribution in [2.45, 2.75) is 19.3 Å². The molecule has 1 aromatic heterocycles. The summed E-state index contributed by atoms with van der Waals surface area (Å²) in [5.41, 5.74) is 0.574. The molecule has 2 aliphatic rings. The van der Waals surface area contributed by atoms with Crippen molar-refractivity contribution in [2.24, 2.45) is 5.92 Å². The lowest BCUT2D eigenvalue weighted by Gasteiger charge is -2.32.